The Hall–Kier alpha value is -3.27. The van der Waals surface area contributed by atoms with Crippen LogP contribution in [0.15, 0.2) is 48.3 Å². The number of benzene rings is 1. The molecule has 1 aliphatic rings. The highest BCUT2D eigenvalue weighted by atomic mass is 35.5. The molecule has 0 fully saturated rings. The minimum absolute atomic E-state index is 0.245. The van der Waals surface area contributed by atoms with E-state index in [4.69, 9.17) is 16.3 Å². The molecule has 3 rings (SSSR count). The Bertz CT molecular complexity index is 1110. The van der Waals surface area contributed by atoms with E-state index in [9.17, 15) is 22.8 Å². The molecule has 0 saturated heterocycles. The monoisotopic (exact) mass is 483 g/mol. The van der Waals surface area contributed by atoms with Gasteiger partial charge < -0.3 is 14.8 Å². The molecule has 1 aromatic carbocycles. The van der Waals surface area contributed by atoms with Gasteiger partial charge in [0.1, 0.15) is 11.3 Å². The second-order valence-electron chi connectivity index (χ2n) is 7.30. The van der Waals surface area contributed by atoms with Gasteiger partial charge in [0, 0.05) is 13.5 Å². The third kappa shape index (κ3) is 5.57. The molecule has 0 radical (unpaired) electrons. The number of hydrogen-bond acceptors (Lipinski definition) is 5. The summed E-state index contributed by atoms with van der Waals surface area (Å²) in [5.74, 6) is -1.59. The maximum Gasteiger partial charge on any atom is 0.436 e. The fraction of sp³-hybridized carbons (Fsp3) is 0.318. The number of esters is 1. The van der Waals surface area contributed by atoms with Crippen LogP contribution in [-0.4, -0.2) is 34.1 Å². The number of allylic oxidation sites excluding steroid dienone is 4. The van der Waals surface area contributed by atoms with Gasteiger partial charge in [0.15, 0.2) is 5.69 Å². The molecule has 1 aromatic heterocycles. The number of aromatic nitrogens is 2. The zero-order chi connectivity index (χ0) is 24.3. The van der Waals surface area contributed by atoms with Crippen molar-refractivity contribution in [3.63, 3.8) is 0 Å². The molecule has 176 valence electrons. The van der Waals surface area contributed by atoms with Crippen molar-refractivity contribution in [2.45, 2.75) is 30.9 Å². The van der Waals surface area contributed by atoms with Gasteiger partial charge in [0.25, 0.3) is 5.91 Å². The number of rotatable bonds is 6. The minimum atomic E-state index is -4.88. The second-order valence-corrected chi connectivity index (χ2v) is 7.86. The van der Waals surface area contributed by atoms with Gasteiger partial charge >= 0.3 is 12.1 Å². The lowest BCUT2D eigenvalue weighted by Gasteiger charge is -2.18. The number of aryl methyl sites for hydroxylation is 1. The van der Waals surface area contributed by atoms with E-state index in [0.29, 0.717) is 16.9 Å². The third-order valence-corrected chi connectivity index (χ3v) is 5.20. The van der Waals surface area contributed by atoms with Crippen molar-refractivity contribution in [2.24, 2.45) is 7.05 Å². The van der Waals surface area contributed by atoms with E-state index < -0.39 is 35.4 Å². The Labute approximate surface area is 192 Å². The van der Waals surface area contributed by atoms with Crippen LogP contribution in [0.25, 0.3) is 0 Å². The van der Waals surface area contributed by atoms with Gasteiger partial charge in [-0.05, 0) is 30.7 Å². The molecule has 7 nitrogen and oxygen atoms in total. The van der Waals surface area contributed by atoms with E-state index in [1.54, 1.807) is 37.3 Å². The molecule has 0 bridgehead atoms. The Morgan fingerprint density at radius 3 is 2.52 bits per heavy atom. The fourth-order valence-electron chi connectivity index (χ4n) is 3.22. The highest BCUT2D eigenvalue weighted by molar-refractivity contribution is 6.22. The number of methoxy groups -OCH3 is 1. The SMILES string of the molecule is COC(=O)c1ccc([C@H](C)NC(=O)c2c(C(F)(F)F)nn(C)c2OC2=CC=CC(Cl)C2)cc1. The number of halogens is 4. The summed E-state index contributed by atoms with van der Waals surface area (Å²) in [4.78, 5) is 24.6. The summed E-state index contributed by atoms with van der Waals surface area (Å²) in [6, 6.07) is 5.46. The van der Waals surface area contributed by atoms with Crippen LogP contribution in [0.3, 0.4) is 0 Å². The summed E-state index contributed by atoms with van der Waals surface area (Å²) in [7, 11) is 2.51. The van der Waals surface area contributed by atoms with Crippen LogP contribution in [0, 0.1) is 0 Å². The number of ether oxygens (including phenoxy) is 2. The van der Waals surface area contributed by atoms with Crippen molar-refractivity contribution in [2.75, 3.05) is 7.11 Å². The molecule has 0 saturated carbocycles. The van der Waals surface area contributed by atoms with E-state index in [0.717, 1.165) is 4.68 Å². The molecule has 1 heterocycles. The van der Waals surface area contributed by atoms with Crippen LogP contribution in [0.2, 0.25) is 0 Å². The minimum Gasteiger partial charge on any atom is -0.465 e. The van der Waals surface area contributed by atoms with Gasteiger partial charge in [-0.3, -0.25) is 4.79 Å². The predicted molar refractivity (Wildman–Crippen MR) is 114 cm³/mol. The van der Waals surface area contributed by atoms with Crippen LogP contribution in [0.4, 0.5) is 13.2 Å². The predicted octanol–water partition coefficient (Wildman–Crippen LogP) is 4.55. The maximum atomic E-state index is 13.7. The quantitative estimate of drug-likeness (QED) is 0.481. The first-order valence-electron chi connectivity index (χ1n) is 9.84. The Morgan fingerprint density at radius 2 is 1.94 bits per heavy atom. The molecule has 1 unspecified atom stereocenters. The molecule has 1 aliphatic carbocycles. The summed E-state index contributed by atoms with van der Waals surface area (Å²) in [5, 5.41) is 5.64. The number of hydrogen-bond donors (Lipinski definition) is 1. The normalized spacial score (nSPS) is 16.7. The van der Waals surface area contributed by atoms with E-state index in [2.05, 4.69) is 15.2 Å². The highest BCUT2D eigenvalue weighted by Crippen LogP contribution is 2.37. The molecular formula is C22H21ClF3N3O4. The maximum absolute atomic E-state index is 13.7. The van der Waals surface area contributed by atoms with Crippen LogP contribution in [-0.2, 0) is 18.0 Å². The standard InChI is InChI=1S/C22H21ClF3N3O4/c1-12(13-7-9-14(10-8-13)21(31)32-3)27-19(30)17-18(22(24,25)26)28-29(2)20(17)33-16-6-4-5-15(23)11-16/h4-10,12,15H,11H2,1-3H3,(H,27,30)/t12-,15?/m0/s1. The zero-order valence-electron chi connectivity index (χ0n) is 17.9. The summed E-state index contributed by atoms with van der Waals surface area (Å²) in [6.07, 6.45) is 0.255. The van der Waals surface area contributed by atoms with Crippen molar-refractivity contribution < 1.29 is 32.2 Å². The number of nitrogens with zero attached hydrogens (tertiary/aromatic N) is 2. The number of carbonyl (C=O) groups is 2. The summed E-state index contributed by atoms with van der Waals surface area (Å²) >= 11 is 6.06. The summed E-state index contributed by atoms with van der Waals surface area (Å²) in [6.45, 7) is 1.60. The molecule has 11 heteroatoms. The van der Waals surface area contributed by atoms with E-state index in [-0.39, 0.29) is 17.7 Å². The average Bonchev–Trinajstić information content (AvgIpc) is 3.10. The lowest BCUT2D eigenvalue weighted by atomic mass is 10.1. The topological polar surface area (TPSA) is 82.5 Å². The van der Waals surface area contributed by atoms with Gasteiger partial charge in [-0.2, -0.15) is 18.3 Å². The molecule has 0 aliphatic heterocycles. The number of nitrogens with one attached hydrogen (secondary N) is 1. The lowest BCUT2D eigenvalue weighted by Crippen LogP contribution is -2.29. The Balaban J connectivity index is 1.90. The van der Waals surface area contributed by atoms with E-state index in [1.165, 1.54) is 26.3 Å². The highest BCUT2D eigenvalue weighted by Gasteiger charge is 2.42. The van der Waals surface area contributed by atoms with Gasteiger partial charge in [-0.15, -0.1) is 11.6 Å². The van der Waals surface area contributed by atoms with Crippen molar-refractivity contribution in [1.29, 1.82) is 0 Å². The largest absolute Gasteiger partial charge is 0.465 e. The van der Waals surface area contributed by atoms with E-state index in [1.807, 2.05) is 0 Å². The van der Waals surface area contributed by atoms with Crippen molar-refractivity contribution >= 4 is 23.5 Å². The number of alkyl halides is 4. The average molecular weight is 484 g/mol. The van der Waals surface area contributed by atoms with Crippen LogP contribution < -0.4 is 10.1 Å². The van der Waals surface area contributed by atoms with Gasteiger partial charge in [-0.1, -0.05) is 24.3 Å². The summed E-state index contributed by atoms with van der Waals surface area (Å²) < 4.78 is 52.1. The van der Waals surface area contributed by atoms with Gasteiger partial charge in [-0.25, -0.2) is 9.48 Å². The first kappa shape index (κ1) is 24.4. The first-order valence-corrected chi connectivity index (χ1v) is 10.3. The first-order chi connectivity index (χ1) is 15.5. The molecular weight excluding hydrogens is 463 g/mol. The van der Waals surface area contributed by atoms with Crippen LogP contribution in [0.1, 0.15) is 51.4 Å². The van der Waals surface area contributed by atoms with Crippen LogP contribution >= 0.6 is 11.6 Å². The molecule has 1 amide bonds. The Kier molecular flexibility index (Phi) is 7.16. The Morgan fingerprint density at radius 1 is 1.27 bits per heavy atom. The molecule has 1 N–H and O–H groups in total. The van der Waals surface area contributed by atoms with Crippen molar-refractivity contribution in [3.8, 4) is 5.88 Å². The molecule has 33 heavy (non-hydrogen) atoms. The van der Waals surface area contributed by atoms with E-state index >= 15 is 0 Å². The van der Waals surface area contributed by atoms with Gasteiger partial charge in [0.2, 0.25) is 5.88 Å². The lowest BCUT2D eigenvalue weighted by molar-refractivity contribution is -0.141. The number of amides is 1. The second kappa shape index (κ2) is 9.70. The smallest absolute Gasteiger partial charge is 0.436 e. The zero-order valence-corrected chi connectivity index (χ0v) is 18.7. The van der Waals surface area contributed by atoms with Crippen molar-refractivity contribution in [3.05, 3.63) is 70.6 Å². The van der Waals surface area contributed by atoms with Crippen LogP contribution in [0.5, 0.6) is 5.88 Å². The number of carbonyl (C=O) groups excluding carboxylic acids is 2. The van der Waals surface area contributed by atoms with Gasteiger partial charge in [0.05, 0.1) is 24.1 Å². The molecule has 0 spiro atoms. The van der Waals surface area contributed by atoms with Crippen molar-refractivity contribution in [1.82, 2.24) is 15.1 Å². The fourth-order valence-corrected chi connectivity index (χ4v) is 3.45. The molecule has 2 atom stereocenters. The molecule has 2 aromatic rings. The summed E-state index contributed by atoms with van der Waals surface area (Å²) in [5.41, 5.74) is -1.22. The third-order valence-electron chi connectivity index (χ3n) is 4.90.